The number of hydrogen-bond donors (Lipinski definition) is 1. The van der Waals surface area contributed by atoms with Crippen LogP contribution in [0.25, 0.3) is 0 Å². The van der Waals surface area contributed by atoms with E-state index in [1.54, 1.807) is 31.4 Å². The molecular weight excluding hydrogens is 301 g/mol. The summed E-state index contributed by atoms with van der Waals surface area (Å²) in [6.45, 7) is 0. The molecule has 2 aromatic carbocycles. The normalized spacial score (nSPS) is 10.2. The fraction of sp³-hybridized carbons (Fsp3) is 0.0769. The van der Waals surface area contributed by atoms with Crippen LogP contribution in [0.15, 0.2) is 40.9 Å². The van der Waals surface area contributed by atoms with Gasteiger partial charge in [0.2, 0.25) is 0 Å². The molecule has 0 bridgehead atoms. The van der Waals surface area contributed by atoms with Gasteiger partial charge in [0.25, 0.3) is 0 Å². The van der Waals surface area contributed by atoms with Gasteiger partial charge in [-0.05, 0) is 40.2 Å². The number of nitrogens with two attached hydrogens (primary N) is 1. The predicted octanol–water partition coefficient (Wildman–Crippen LogP) is 3.97. The number of halogens is 2. The summed E-state index contributed by atoms with van der Waals surface area (Å²) in [4.78, 5) is 0. The summed E-state index contributed by atoms with van der Waals surface area (Å²) >= 11 is 3.28. The Bertz CT molecular complexity index is 575. The third kappa shape index (κ3) is 2.73. The first-order valence-electron chi connectivity index (χ1n) is 5.16. The molecule has 0 atom stereocenters. The molecule has 18 heavy (non-hydrogen) atoms. The van der Waals surface area contributed by atoms with Crippen LogP contribution in [0.3, 0.4) is 0 Å². The standard InChI is InChI=1S/C13H11BrFNO2/c1-17-9-3-5-12(11(16)7-9)18-13-6-8(15)2-4-10(13)14/h2-7H,16H2,1H3. The van der Waals surface area contributed by atoms with Crippen molar-refractivity contribution in [2.75, 3.05) is 12.8 Å². The van der Waals surface area contributed by atoms with E-state index in [1.165, 1.54) is 12.1 Å². The summed E-state index contributed by atoms with van der Waals surface area (Å²) in [5, 5.41) is 0. The topological polar surface area (TPSA) is 44.5 Å². The van der Waals surface area contributed by atoms with Crippen LogP contribution in [0.5, 0.6) is 17.2 Å². The van der Waals surface area contributed by atoms with Gasteiger partial charge in [-0.1, -0.05) is 0 Å². The van der Waals surface area contributed by atoms with Crippen LogP contribution in [0.1, 0.15) is 0 Å². The summed E-state index contributed by atoms with van der Waals surface area (Å²) in [5.41, 5.74) is 6.24. The second-order valence-electron chi connectivity index (χ2n) is 3.58. The van der Waals surface area contributed by atoms with Gasteiger partial charge in [-0.2, -0.15) is 0 Å². The lowest BCUT2D eigenvalue weighted by atomic mass is 10.2. The SMILES string of the molecule is COc1ccc(Oc2cc(F)ccc2Br)c(N)c1. The molecule has 2 rings (SSSR count). The monoisotopic (exact) mass is 311 g/mol. The molecule has 0 aliphatic heterocycles. The molecule has 2 aromatic rings. The molecule has 94 valence electrons. The van der Waals surface area contributed by atoms with Crippen molar-refractivity contribution in [2.45, 2.75) is 0 Å². The minimum atomic E-state index is -0.375. The summed E-state index contributed by atoms with van der Waals surface area (Å²) in [6, 6.07) is 9.24. The number of hydrogen-bond acceptors (Lipinski definition) is 3. The highest BCUT2D eigenvalue weighted by Crippen LogP contribution is 2.34. The van der Waals surface area contributed by atoms with Gasteiger partial charge < -0.3 is 15.2 Å². The van der Waals surface area contributed by atoms with Crippen LogP contribution in [-0.4, -0.2) is 7.11 Å². The smallest absolute Gasteiger partial charge is 0.150 e. The lowest BCUT2D eigenvalue weighted by Crippen LogP contribution is -1.94. The Morgan fingerprint density at radius 3 is 2.56 bits per heavy atom. The second-order valence-corrected chi connectivity index (χ2v) is 4.43. The molecule has 0 aromatic heterocycles. The van der Waals surface area contributed by atoms with E-state index < -0.39 is 0 Å². The van der Waals surface area contributed by atoms with Gasteiger partial charge >= 0.3 is 0 Å². The summed E-state index contributed by atoms with van der Waals surface area (Å²) < 4.78 is 24.4. The zero-order valence-corrected chi connectivity index (χ0v) is 11.2. The highest BCUT2D eigenvalue weighted by Gasteiger charge is 2.08. The first kappa shape index (κ1) is 12.7. The lowest BCUT2D eigenvalue weighted by molar-refractivity contribution is 0.413. The highest BCUT2D eigenvalue weighted by molar-refractivity contribution is 9.10. The van der Waals surface area contributed by atoms with Crippen LogP contribution < -0.4 is 15.2 Å². The maximum absolute atomic E-state index is 13.1. The maximum atomic E-state index is 13.1. The van der Waals surface area contributed by atoms with Crippen molar-refractivity contribution in [1.82, 2.24) is 0 Å². The minimum Gasteiger partial charge on any atom is -0.497 e. The van der Waals surface area contributed by atoms with Gasteiger partial charge in [0.1, 0.15) is 17.3 Å². The minimum absolute atomic E-state index is 0.367. The zero-order chi connectivity index (χ0) is 13.1. The van der Waals surface area contributed by atoms with E-state index in [4.69, 9.17) is 15.2 Å². The van der Waals surface area contributed by atoms with Crippen LogP contribution >= 0.6 is 15.9 Å². The number of rotatable bonds is 3. The van der Waals surface area contributed by atoms with Crippen molar-refractivity contribution in [3.05, 3.63) is 46.7 Å². The van der Waals surface area contributed by atoms with Crippen molar-refractivity contribution in [1.29, 1.82) is 0 Å². The summed E-state index contributed by atoms with van der Waals surface area (Å²) in [5.74, 6) is 1.08. The van der Waals surface area contributed by atoms with E-state index >= 15 is 0 Å². The molecule has 0 aliphatic carbocycles. The number of methoxy groups -OCH3 is 1. The molecule has 0 saturated carbocycles. The molecule has 0 fully saturated rings. The van der Waals surface area contributed by atoms with Crippen LogP contribution in [-0.2, 0) is 0 Å². The quantitative estimate of drug-likeness (QED) is 0.872. The average Bonchev–Trinajstić information content (AvgIpc) is 2.36. The maximum Gasteiger partial charge on any atom is 0.150 e. The molecule has 0 radical (unpaired) electrons. The Kier molecular flexibility index (Phi) is 3.72. The van der Waals surface area contributed by atoms with Crippen LogP contribution in [0.4, 0.5) is 10.1 Å². The molecule has 2 N–H and O–H groups in total. The Morgan fingerprint density at radius 1 is 1.11 bits per heavy atom. The van der Waals surface area contributed by atoms with Gasteiger partial charge in [0.15, 0.2) is 5.75 Å². The number of benzene rings is 2. The Hall–Kier alpha value is -1.75. The van der Waals surface area contributed by atoms with E-state index in [-0.39, 0.29) is 5.82 Å². The van der Waals surface area contributed by atoms with Gasteiger partial charge in [-0.25, -0.2) is 4.39 Å². The number of ether oxygens (including phenoxy) is 2. The first-order chi connectivity index (χ1) is 8.60. The molecule has 0 aliphatic rings. The third-order valence-electron chi connectivity index (χ3n) is 2.33. The van der Waals surface area contributed by atoms with E-state index in [2.05, 4.69) is 15.9 Å². The Labute approximate surface area is 112 Å². The fourth-order valence-corrected chi connectivity index (χ4v) is 1.75. The van der Waals surface area contributed by atoms with Gasteiger partial charge in [-0.3, -0.25) is 0 Å². The Morgan fingerprint density at radius 2 is 1.89 bits per heavy atom. The third-order valence-corrected chi connectivity index (χ3v) is 2.99. The molecule has 0 saturated heterocycles. The van der Waals surface area contributed by atoms with Crippen LogP contribution in [0.2, 0.25) is 0 Å². The number of nitrogen functional groups attached to an aromatic ring is 1. The molecule has 0 heterocycles. The summed E-state index contributed by atoms with van der Waals surface area (Å²) in [7, 11) is 1.55. The average molecular weight is 312 g/mol. The molecule has 5 heteroatoms. The van der Waals surface area contributed by atoms with Crippen molar-refractivity contribution in [2.24, 2.45) is 0 Å². The van der Waals surface area contributed by atoms with Crippen LogP contribution in [0, 0.1) is 5.82 Å². The van der Waals surface area contributed by atoms with Gasteiger partial charge in [0.05, 0.1) is 17.3 Å². The van der Waals surface area contributed by atoms with Gasteiger partial charge in [0, 0.05) is 12.1 Å². The molecule has 0 unspecified atom stereocenters. The Balaban J connectivity index is 2.31. The number of anilines is 1. The molecule has 0 amide bonds. The van der Waals surface area contributed by atoms with Gasteiger partial charge in [-0.15, -0.1) is 0 Å². The van der Waals surface area contributed by atoms with E-state index in [0.29, 0.717) is 27.4 Å². The van der Waals surface area contributed by atoms with Crippen molar-refractivity contribution in [3.8, 4) is 17.2 Å². The molecule has 0 spiro atoms. The lowest BCUT2D eigenvalue weighted by Gasteiger charge is -2.11. The van der Waals surface area contributed by atoms with E-state index in [9.17, 15) is 4.39 Å². The molecular formula is C13H11BrFNO2. The van der Waals surface area contributed by atoms with E-state index in [0.717, 1.165) is 0 Å². The first-order valence-corrected chi connectivity index (χ1v) is 5.96. The summed E-state index contributed by atoms with van der Waals surface area (Å²) in [6.07, 6.45) is 0. The highest BCUT2D eigenvalue weighted by atomic mass is 79.9. The fourth-order valence-electron chi connectivity index (χ4n) is 1.42. The van der Waals surface area contributed by atoms with Crippen molar-refractivity contribution in [3.63, 3.8) is 0 Å². The second kappa shape index (κ2) is 5.27. The zero-order valence-electron chi connectivity index (χ0n) is 9.61. The largest absolute Gasteiger partial charge is 0.497 e. The van der Waals surface area contributed by atoms with E-state index in [1.807, 2.05) is 0 Å². The van der Waals surface area contributed by atoms with Crippen molar-refractivity contribution < 1.29 is 13.9 Å². The van der Waals surface area contributed by atoms with Crippen molar-refractivity contribution >= 4 is 21.6 Å². The molecule has 3 nitrogen and oxygen atoms in total. The predicted molar refractivity (Wildman–Crippen MR) is 71.6 cm³/mol.